The molecule has 0 saturated heterocycles. The van der Waals surface area contributed by atoms with Crippen LogP contribution in [0.4, 0.5) is 0 Å². The van der Waals surface area contributed by atoms with Crippen LogP contribution in [0.2, 0.25) is 0 Å². The smallest absolute Gasteiger partial charge is 0.286 e. The lowest BCUT2D eigenvalue weighted by Gasteiger charge is -2.08. The highest BCUT2D eigenvalue weighted by molar-refractivity contribution is 7.16. The van der Waals surface area contributed by atoms with Gasteiger partial charge in [-0.05, 0) is 49.2 Å². The first-order valence-electron chi connectivity index (χ1n) is 8.58. The predicted molar refractivity (Wildman–Crippen MR) is 109 cm³/mol. The molecule has 0 bridgehead atoms. The molecule has 0 unspecified atom stereocenters. The lowest BCUT2D eigenvalue weighted by Crippen LogP contribution is -2.19. The minimum Gasteiger partial charge on any atom is -0.493 e. The number of nitrogens with zero attached hydrogens (tertiary/aromatic N) is 2. The number of amides is 1. The van der Waals surface area contributed by atoms with E-state index in [1.165, 1.54) is 22.5 Å². The fourth-order valence-corrected chi connectivity index (χ4v) is 3.87. The number of thiazole rings is 1. The summed E-state index contributed by atoms with van der Waals surface area (Å²) >= 11 is 1.49. The van der Waals surface area contributed by atoms with E-state index in [0.29, 0.717) is 22.8 Å². The largest absolute Gasteiger partial charge is 0.493 e. The highest BCUT2D eigenvalue weighted by Crippen LogP contribution is 2.25. The monoisotopic (exact) mass is 382 g/mol. The number of para-hydroxylation sites is 2. The highest BCUT2D eigenvalue weighted by atomic mass is 32.1. The maximum Gasteiger partial charge on any atom is 0.286 e. The van der Waals surface area contributed by atoms with Crippen molar-refractivity contribution in [2.75, 3.05) is 13.7 Å². The first-order valence-corrected chi connectivity index (χ1v) is 9.40. The Kier molecular flexibility index (Phi) is 5.76. The van der Waals surface area contributed by atoms with E-state index in [0.717, 1.165) is 10.2 Å². The summed E-state index contributed by atoms with van der Waals surface area (Å²) in [7, 11) is 1.56. The number of aromatic nitrogens is 1. The molecular weight excluding hydrogens is 360 g/mol. The van der Waals surface area contributed by atoms with Crippen molar-refractivity contribution in [1.29, 1.82) is 0 Å². The van der Waals surface area contributed by atoms with Gasteiger partial charge < -0.3 is 14.0 Å². The Morgan fingerprint density at radius 3 is 2.63 bits per heavy atom. The van der Waals surface area contributed by atoms with E-state index in [9.17, 15) is 4.79 Å². The summed E-state index contributed by atoms with van der Waals surface area (Å²) in [5.74, 6) is 0.753. The maximum atomic E-state index is 12.4. The second-order valence-corrected chi connectivity index (χ2v) is 7.14. The fraction of sp³-hybridized carbons (Fsp3) is 0.238. The molecule has 0 fully saturated rings. The van der Waals surface area contributed by atoms with Crippen molar-refractivity contribution in [3.05, 3.63) is 65.0 Å². The molecule has 0 aliphatic carbocycles. The number of allylic oxidation sites excluding steroid dienone is 1. The molecule has 1 aromatic heterocycles. The van der Waals surface area contributed by atoms with Crippen molar-refractivity contribution in [3.8, 4) is 11.5 Å². The van der Waals surface area contributed by atoms with Crippen LogP contribution < -0.4 is 14.3 Å². The van der Waals surface area contributed by atoms with E-state index in [1.54, 1.807) is 25.3 Å². The molecule has 1 heterocycles. The summed E-state index contributed by atoms with van der Waals surface area (Å²) in [4.78, 5) is 17.3. The lowest BCUT2D eigenvalue weighted by molar-refractivity contribution is -0.120. The van der Waals surface area contributed by atoms with Crippen LogP contribution in [0.15, 0.2) is 54.0 Å². The third-order valence-corrected chi connectivity index (χ3v) is 5.29. The molecule has 0 aliphatic heterocycles. The number of benzene rings is 2. The molecule has 5 nitrogen and oxygen atoms in total. The normalized spacial score (nSPS) is 11.6. The predicted octanol–water partition coefficient (Wildman–Crippen LogP) is 4.02. The Bertz CT molecular complexity index is 1060. The van der Waals surface area contributed by atoms with Crippen molar-refractivity contribution < 1.29 is 14.3 Å². The quantitative estimate of drug-likeness (QED) is 0.605. The van der Waals surface area contributed by atoms with E-state index >= 15 is 0 Å². The molecule has 3 aromatic rings. The molecule has 140 valence electrons. The maximum absolute atomic E-state index is 12.4. The number of fused-ring (bicyclic) bond motifs is 1. The van der Waals surface area contributed by atoms with Gasteiger partial charge in [0.2, 0.25) is 0 Å². The number of carbonyl (C=O) groups excluding carboxylic acids is 1. The van der Waals surface area contributed by atoms with E-state index < -0.39 is 0 Å². The molecule has 6 heteroatoms. The van der Waals surface area contributed by atoms with Gasteiger partial charge >= 0.3 is 0 Å². The van der Waals surface area contributed by atoms with Crippen LogP contribution in [-0.2, 0) is 11.3 Å². The Balaban J connectivity index is 1.91. The van der Waals surface area contributed by atoms with Gasteiger partial charge in [0.05, 0.1) is 17.3 Å². The molecule has 2 aromatic carbocycles. The first-order chi connectivity index (χ1) is 13.0. The highest BCUT2D eigenvalue weighted by Gasteiger charge is 2.10. The molecule has 0 N–H and O–H groups in total. The molecule has 0 atom stereocenters. The van der Waals surface area contributed by atoms with Crippen molar-refractivity contribution in [1.82, 2.24) is 4.57 Å². The number of ether oxygens (including phenoxy) is 2. The summed E-state index contributed by atoms with van der Waals surface area (Å²) in [6.07, 6.45) is 1.80. The van der Waals surface area contributed by atoms with Crippen LogP contribution >= 0.6 is 11.3 Å². The van der Waals surface area contributed by atoms with Crippen LogP contribution in [0.3, 0.4) is 0 Å². The Hall–Kier alpha value is -2.86. The minimum atomic E-state index is -0.348. The van der Waals surface area contributed by atoms with Crippen molar-refractivity contribution in [2.45, 2.75) is 20.4 Å². The SMILES string of the molecule is C=CCn1c(=NC(=O)COc2ccccc2OC)sc2cc(C)c(C)cc21. The number of hydrogen-bond donors (Lipinski definition) is 0. The lowest BCUT2D eigenvalue weighted by atomic mass is 10.1. The van der Waals surface area contributed by atoms with Crippen molar-refractivity contribution in [3.63, 3.8) is 0 Å². The standard InChI is InChI=1S/C21H22N2O3S/c1-5-10-23-16-11-14(2)15(3)12-19(16)27-21(23)22-20(24)13-26-18-9-7-6-8-17(18)25-4/h5-9,11-12H,1,10,13H2,2-4H3. The van der Waals surface area contributed by atoms with Gasteiger partial charge in [0, 0.05) is 6.54 Å². The molecule has 0 saturated carbocycles. The second kappa shape index (κ2) is 8.22. The Morgan fingerprint density at radius 2 is 1.93 bits per heavy atom. The molecule has 1 amide bonds. The molecule has 3 rings (SSSR count). The van der Waals surface area contributed by atoms with E-state index in [1.807, 2.05) is 16.7 Å². The van der Waals surface area contributed by atoms with Gasteiger partial charge in [-0.2, -0.15) is 4.99 Å². The average Bonchev–Trinajstić information content (AvgIpc) is 2.97. The number of hydrogen-bond acceptors (Lipinski definition) is 4. The summed E-state index contributed by atoms with van der Waals surface area (Å²) < 4.78 is 13.9. The van der Waals surface area contributed by atoms with Gasteiger partial charge in [0.25, 0.3) is 5.91 Å². The molecule has 0 radical (unpaired) electrons. The summed E-state index contributed by atoms with van der Waals surface area (Å²) in [5.41, 5.74) is 3.47. The minimum absolute atomic E-state index is 0.152. The van der Waals surface area contributed by atoms with Crippen LogP contribution in [0.25, 0.3) is 10.2 Å². The van der Waals surface area contributed by atoms with Gasteiger partial charge in [0.15, 0.2) is 22.9 Å². The van der Waals surface area contributed by atoms with Gasteiger partial charge in [-0.25, -0.2) is 0 Å². The summed E-state index contributed by atoms with van der Waals surface area (Å²) in [6, 6.07) is 11.5. The zero-order chi connectivity index (χ0) is 19.4. The number of rotatable bonds is 6. The van der Waals surface area contributed by atoms with Crippen LogP contribution in [0.5, 0.6) is 11.5 Å². The summed E-state index contributed by atoms with van der Waals surface area (Å²) in [6.45, 7) is 8.41. The van der Waals surface area contributed by atoms with E-state index in [2.05, 4.69) is 37.6 Å². The van der Waals surface area contributed by atoms with Crippen LogP contribution in [-0.4, -0.2) is 24.2 Å². The molecule has 0 aliphatic rings. The number of methoxy groups -OCH3 is 1. The van der Waals surface area contributed by atoms with Gasteiger partial charge in [-0.15, -0.1) is 6.58 Å². The van der Waals surface area contributed by atoms with Gasteiger partial charge in [-0.3, -0.25) is 4.79 Å². The first kappa shape index (κ1) is 18.9. The summed E-state index contributed by atoms with van der Waals surface area (Å²) in [5, 5.41) is 0. The third-order valence-electron chi connectivity index (χ3n) is 4.25. The Morgan fingerprint density at radius 1 is 1.22 bits per heavy atom. The average molecular weight is 382 g/mol. The van der Waals surface area contributed by atoms with Gasteiger partial charge in [0.1, 0.15) is 0 Å². The van der Waals surface area contributed by atoms with Crippen molar-refractivity contribution in [2.24, 2.45) is 4.99 Å². The number of aryl methyl sites for hydroxylation is 2. The van der Waals surface area contributed by atoms with E-state index in [4.69, 9.17) is 9.47 Å². The molecule has 0 spiro atoms. The molecule has 27 heavy (non-hydrogen) atoms. The van der Waals surface area contributed by atoms with E-state index in [-0.39, 0.29) is 12.5 Å². The second-order valence-electron chi connectivity index (χ2n) is 6.13. The molecular formula is C21H22N2O3S. The fourth-order valence-electron chi connectivity index (χ4n) is 2.73. The van der Waals surface area contributed by atoms with Gasteiger partial charge in [-0.1, -0.05) is 29.5 Å². The zero-order valence-corrected chi connectivity index (χ0v) is 16.5. The number of carbonyl (C=O) groups is 1. The Labute approximate surface area is 162 Å². The third kappa shape index (κ3) is 4.11. The van der Waals surface area contributed by atoms with Crippen LogP contribution in [0, 0.1) is 13.8 Å². The van der Waals surface area contributed by atoms with Crippen molar-refractivity contribution >= 4 is 27.5 Å². The topological polar surface area (TPSA) is 52.8 Å². The zero-order valence-electron chi connectivity index (χ0n) is 15.7. The van der Waals surface area contributed by atoms with Crippen LogP contribution in [0.1, 0.15) is 11.1 Å².